The summed E-state index contributed by atoms with van der Waals surface area (Å²) in [5, 5.41) is 28.0. The minimum atomic E-state index is -4.28. The van der Waals surface area contributed by atoms with E-state index in [2.05, 4.69) is 0 Å². The molecule has 8 nitrogen and oxygen atoms in total. The van der Waals surface area contributed by atoms with Crippen molar-refractivity contribution in [3.05, 3.63) is 72.8 Å². The second kappa shape index (κ2) is 8.30. The number of phenols is 3. The molecule has 0 atom stereocenters. The largest absolute Gasteiger partial charge is 0.507 e. The average Bonchev–Trinajstić information content (AvgIpc) is 2.62. The molecule has 0 amide bonds. The number of phenolic OH excluding ortho intramolecular Hbond substituents is 3. The maximum absolute atomic E-state index is 12.2. The Labute approximate surface area is 161 Å². The van der Waals surface area contributed by atoms with Gasteiger partial charge in [-0.25, -0.2) is 8.42 Å². The van der Waals surface area contributed by atoms with Crippen molar-refractivity contribution in [2.24, 2.45) is 0 Å². The molecule has 3 aromatic carbocycles. The Kier molecular flexibility index (Phi) is 6.29. The quantitative estimate of drug-likeness (QED) is 0.469. The second-order valence-corrected chi connectivity index (χ2v) is 8.66. The van der Waals surface area contributed by atoms with Gasteiger partial charge >= 0.3 is 0 Å². The van der Waals surface area contributed by atoms with Crippen molar-refractivity contribution < 1.29 is 36.7 Å². The van der Waals surface area contributed by atoms with E-state index in [1.165, 1.54) is 66.7 Å². The molecular weight excluding hydrogens is 408 g/mol. The van der Waals surface area contributed by atoms with E-state index in [0.29, 0.717) is 0 Å². The van der Waals surface area contributed by atoms with Crippen LogP contribution in [0.3, 0.4) is 0 Å². The summed E-state index contributed by atoms with van der Waals surface area (Å²) < 4.78 is 53.7. The molecule has 0 saturated carbocycles. The fourth-order valence-corrected chi connectivity index (χ4v) is 4.18. The number of rotatable bonds is 3. The first-order valence-electron chi connectivity index (χ1n) is 7.61. The topological polar surface area (TPSA) is 149 Å². The lowest BCUT2D eigenvalue weighted by Gasteiger charge is -2.07. The fraction of sp³-hybridized carbons (Fsp3) is 0. The van der Waals surface area contributed by atoms with E-state index in [0.717, 1.165) is 6.07 Å². The summed E-state index contributed by atoms with van der Waals surface area (Å²) in [4.78, 5) is -0.914. The number of hydrogen-bond acceptors (Lipinski definition) is 7. The predicted molar refractivity (Wildman–Crippen MR) is 99.6 cm³/mol. The van der Waals surface area contributed by atoms with E-state index in [1.807, 2.05) is 0 Å². The number of sulfone groups is 1. The van der Waals surface area contributed by atoms with Gasteiger partial charge < -0.3 is 15.3 Å². The zero-order valence-electron chi connectivity index (χ0n) is 14.2. The van der Waals surface area contributed by atoms with Crippen molar-refractivity contribution in [3.8, 4) is 17.2 Å². The van der Waals surface area contributed by atoms with E-state index < -0.39 is 30.6 Å². The van der Waals surface area contributed by atoms with Gasteiger partial charge in [0.2, 0.25) is 9.84 Å². The third kappa shape index (κ3) is 4.80. The van der Waals surface area contributed by atoms with Crippen LogP contribution in [0.15, 0.2) is 87.5 Å². The summed E-state index contributed by atoms with van der Waals surface area (Å²) in [6.07, 6.45) is 0. The molecular formula is C18H16O8S2. The van der Waals surface area contributed by atoms with E-state index in [-0.39, 0.29) is 21.3 Å². The van der Waals surface area contributed by atoms with Gasteiger partial charge in [0.15, 0.2) is 0 Å². The van der Waals surface area contributed by atoms with Crippen molar-refractivity contribution in [1.29, 1.82) is 0 Å². The molecule has 0 spiro atoms. The monoisotopic (exact) mass is 424 g/mol. The normalized spacial score (nSPS) is 11.3. The van der Waals surface area contributed by atoms with Crippen molar-refractivity contribution in [2.45, 2.75) is 14.7 Å². The Morgan fingerprint density at radius 1 is 0.500 bits per heavy atom. The number of benzene rings is 3. The molecule has 0 aliphatic heterocycles. The molecule has 28 heavy (non-hydrogen) atoms. The lowest BCUT2D eigenvalue weighted by atomic mass is 10.3. The van der Waals surface area contributed by atoms with Crippen LogP contribution in [-0.2, 0) is 20.0 Å². The van der Waals surface area contributed by atoms with Crippen LogP contribution in [0.5, 0.6) is 17.2 Å². The molecule has 0 aliphatic rings. The Bertz CT molecular complexity index is 1130. The van der Waals surface area contributed by atoms with Gasteiger partial charge in [-0.3, -0.25) is 4.55 Å². The molecule has 0 fully saturated rings. The Hall–Kier alpha value is -3.08. The third-order valence-corrected chi connectivity index (χ3v) is 6.20. The predicted octanol–water partition coefficient (Wildman–Crippen LogP) is 2.57. The molecule has 0 radical (unpaired) electrons. The lowest BCUT2D eigenvalue weighted by Crippen LogP contribution is -2.02. The molecule has 0 aromatic heterocycles. The minimum Gasteiger partial charge on any atom is -0.507 e. The molecule has 0 saturated heterocycles. The highest BCUT2D eigenvalue weighted by Crippen LogP contribution is 2.32. The van der Waals surface area contributed by atoms with Crippen LogP contribution in [0.25, 0.3) is 0 Å². The summed E-state index contributed by atoms with van der Waals surface area (Å²) in [7, 11) is -8.18. The summed E-state index contributed by atoms with van der Waals surface area (Å²) >= 11 is 0. The van der Waals surface area contributed by atoms with Crippen molar-refractivity contribution in [2.75, 3.05) is 0 Å². The summed E-state index contributed by atoms with van der Waals surface area (Å²) in [6.45, 7) is 0. The highest BCUT2D eigenvalue weighted by Gasteiger charge is 2.23. The zero-order valence-corrected chi connectivity index (χ0v) is 15.8. The maximum Gasteiger partial charge on any atom is 0.298 e. The molecule has 0 aliphatic carbocycles. The van der Waals surface area contributed by atoms with Crippen molar-refractivity contribution >= 4 is 20.0 Å². The average molecular weight is 424 g/mol. The first kappa shape index (κ1) is 21.2. The van der Waals surface area contributed by atoms with E-state index in [1.54, 1.807) is 0 Å². The van der Waals surface area contributed by atoms with Gasteiger partial charge in [0.1, 0.15) is 31.9 Å². The van der Waals surface area contributed by atoms with Crippen LogP contribution in [-0.4, -0.2) is 36.7 Å². The van der Waals surface area contributed by atoms with E-state index >= 15 is 0 Å². The highest BCUT2D eigenvalue weighted by atomic mass is 32.2. The van der Waals surface area contributed by atoms with Crippen LogP contribution in [0.1, 0.15) is 0 Å². The van der Waals surface area contributed by atoms with Gasteiger partial charge in [-0.2, -0.15) is 8.42 Å². The van der Waals surface area contributed by atoms with Crippen molar-refractivity contribution in [3.63, 3.8) is 0 Å². The van der Waals surface area contributed by atoms with Gasteiger partial charge in [-0.15, -0.1) is 0 Å². The molecule has 10 heteroatoms. The Morgan fingerprint density at radius 3 is 1.04 bits per heavy atom. The van der Waals surface area contributed by atoms with Crippen LogP contribution < -0.4 is 0 Å². The molecule has 148 valence electrons. The lowest BCUT2D eigenvalue weighted by molar-refractivity contribution is 0.443. The van der Waals surface area contributed by atoms with E-state index in [9.17, 15) is 27.0 Å². The molecule has 4 N–H and O–H groups in total. The standard InChI is InChI=1S/C12H10O4S.C6H6O4S/c13-9-5-1-3-7-11(9)17(15,16)12-8-4-2-6-10(12)14;7-5-3-1-2-4-6(5)11(8,9)10/h1-8,13-14H;1-4,7H,(H,8,9,10). The summed E-state index contributed by atoms with van der Waals surface area (Å²) in [5.74, 6) is -1.12. The van der Waals surface area contributed by atoms with Crippen LogP contribution in [0, 0.1) is 0 Å². The summed E-state index contributed by atoms with van der Waals surface area (Å²) in [6, 6.07) is 16.4. The Morgan fingerprint density at radius 2 is 0.786 bits per heavy atom. The van der Waals surface area contributed by atoms with Gasteiger partial charge in [0.05, 0.1) is 0 Å². The highest BCUT2D eigenvalue weighted by molar-refractivity contribution is 7.91. The van der Waals surface area contributed by atoms with Crippen LogP contribution in [0.4, 0.5) is 0 Å². The second-order valence-electron chi connectivity index (χ2n) is 5.38. The number of hydrogen-bond donors (Lipinski definition) is 4. The molecule has 0 unspecified atom stereocenters. The van der Waals surface area contributed by atoms with E-state index in [4.69, 9.17) is 9.66 Å². The molecule has 0 bridgehead atoms. The van der Waals surface area contributed by atoms with Gasteiger partial charge in [0.25, 0.3) is 10.1 Å². The minimum absolute atomic E-state index is 0.221. The van der Waals surface area contributed by atoms with Gasteiger partial charge in [-0.05, 0) is 36.4 Å². The van der Waals surface area contributed by atoms with Gasteiger partial charge in [0, 0.05) is 0 Å². The first-order valence-corrected chi connectivity index (χ1v) is 10.5. The van der Waals surface area contributed by atoms with Gasteiger partial charge in [-0.1, -0.05) is 36.4 Å². The molecule has 3 aromatic rings. The number of para-hydroxylation sites is 3. The Balaban J connectivity index is 0.000000221. The SMILES string of the molecule is O=S(=O)(O)c1ccccc1O.O=S(=O)(c1ccccc1O)c1ccccc1O. The summed E-state index contributed by atoms with van der Waals surface area (Å²) in [5.41, 5.74) is 0. The van der Waals surface area contributed by atoms with Crippen molar-refractivity contribution in [1.82, 2.24) is 0 Å². The first-order chi connectivity index (χ1) is 13.0. The molecule has 3 rings (SSSR count). The fourth-order valence-electron chi connectivity index (χ4n) is 2.16. The maximum atomic E-state index is 12.2. The van der Waals surface area contributed by atoms with Crippen LogP contribution in [0.2, 0.25) is 0 Å². The zero-order chi connectivity index (χ0) is 20.9. The smallest absolute Gasteiger partial charge is 0.298 e. The number of aromatic hydroxyl groups is 3. The van der Waals surface area contributed by atoms with Crippen LogP contribution >= 0.6 is 0 Å². The third-order valence-electron chi connectivity index (χ3n) is 3.45. The molecule has 0 heterocycles.